The monoisotopic (exact) mass is 247 g/mol. The van der Waals surface area contributed by atoms with Gasteiger partial charge in [-0.05, 0) is 26.7 Å². The highest BCUT2D eigenvalue weighted by Crippen LogP contribution is 2.05. The molecule has 5 heteroatoms. The van der Waals surface area contributed by atoms with E-state index in [4.69, 9.17) is 15.6 Å². The average Bonchev–Trinajstić information content (AvgIpc) is 2.12. The van der Waals surface area contributed by atoms with Crippen LogP contribution in [0.5, 0.6) is 0 Å². The lowest BCUT2D eigenvalue weighted by Gasteiger charge is -2.17. The zero-order valence-corrected chi connectivity index (χ0v) is 11.6. The fraction of sp³-hybridized carbons (Fsp3) is 0.833. The number of carbonyl (C=O) groups excluding carboxylic acids is 1. The summed E-state index contributed by atoms with van der Waals surface area (Å²) in [7, 11) is 0. The smallest absolute Gasteiger partial charge is 0.320 e. The Labute approximate surface area is 103 Å². The van der Waals surface area contributed by atoms with Crippen LogP contribution in [0.15, 0.2) is 0 Å². The second-order valence-electron chi connectivity index (χ2n) is 4.96. The lowest BCUT2D eigenvalue weighted by Crippen LogP contribution is -2.36. The molecule has 3 N–H and O–H groups in total. The molecule has 0 unspecified atom stereocenters. The molecule has 0 radical (unpaired) electrons. The molecule has 0 aliphatic heterocycles. The summed E-state index contributed by atoms with van der Waals surface area (Å²) >= 11 is 0. The van der Waals surface area contributed by atoms with Gasteiger partial charge in [0.1, 0.15) is 11.6 Å². The maximum absolute atomic E-state index is 10.2. The Morgan fingerprint density at radius 1 is 1.35 bits per heavy atom. The summed E-state index contributed by atoms with van der Waals surface area (Å²) in [5.74, 6) is -1.07. The fourth-order valence-electron chi connectivity index (χ4n) is 0.929. The topological polar surface area (TPSA) is 89.6 Å². The molecule has 0 fully saturated rings. The van der Waals surface area contributed by atoms with Crippen LogP contribution in [-0.2, 0) is 14.3 Å². The standard InChI is InChI=1S/C6H13NO2.C6H12O2/c1-3-4(2)5(7)6(8)9;1-5(7)8-6(2,3)4/h4-5H,3,7H2,1-2H3,(H,8,9);1-4H3/t4-,5-;/m1./s1. The first-order chi connectivity index (χ1) is 7.51. The van der Waals surface area contributed by atoms with Gasteiger partial charge in [0.25, 0.3) is 0 Å². The van der Waals surface area contributed by atoms with Crippen molar-refractivity contribution in [2.75, 3.05) is 0 Å². The summed E-state index contributed by atoms with van der Waals surface area (Å²) < 4.78 is 4.80. The van der Waals surface area contributed by atoms with Crippen molar-refractivity contribution >= 4 is 11.9 Å². The summed E-state index contributed by atoms with van der Waals surface area (Å²) in [5.41, 5.74) is 4.94. The molecule has 5 nitrogen and oxygen atoms in total. The second kappa shape index (κ2) is 8.06. The maximum Gasteiger partial charge on any atom is 0.320 e. The molecule has 0 heterocycles. The van der Waals surface area contributed by atoms with Crippen LogP contribution in [-0.4, -0.2) is 28.7 Å². The third kappa shape index (κ3) is 12.8. The second-order valence-corrected chi connectivity index (χ2v) is 4.96. The first-order valence-corrected chi connectivity index (χ1v) is 5.69. The predicted molar refractivity (Wildman–Crippen MR) is 66.6 cm³/mol. The van der Waals surface area contributed by atoms with Gasteiger partial charge in [0.15, 0.2) is 0 Å². The molecular weight excluding hydrogens is 222 g/mol. The minimum atomic E-state index is -0.913. The minimum absolute atomic E-state index is 0.0718. The van der Waals surface area contributed by atoms with Crippen LogP contribution in [0.1, 0.15) is 48.0 Å². The molecule has 2 atom stereocenters. The lowest BCUT2D eigenvalue weighted by atomic mass is 10.0. The molecule has 0 saturated carbocycles. The largest absolute Gasteiger partial charge is 0.480 e. The molecule has 17 heavy (non-hydrogen) atoms. The first-order valence-electron chi connectivity index (χ1n) is 5.69. The molecule has 0 aromatic rings. The van der Waals surface area contributed by atoms with Crippen molar-refractivity contribution in [3.8, 4) is 0 Å². The number of carbonyl (C=O) groups is 2. The molecular formula is C12H25NO4. The van der Waals surface area contributed by atoms with E-state index in [1.54, 1.807) is 0 Å². The van der Waals surface area contributed by atoms with Crippen LogP contribution in [0.2, 0.25) is 0 Å². The van der Waals surface area contributed by atoms with Gasteiger partial charge < -0.3 is 15.6 Å². The summed E-state index contributed by atoms with van der Waals surface area (Å²) in [6.07, 6.45) is 0.813. The zero-order chi connectivity index (χ0) is 14.2. The fourth-order valence-corrected chi connectivity index (χ4v) is 0.929. The van der Waals surface area contributed by atoms with E-state index in [-0.39, 0.29) is 17.5 Å². The van der Waals surface area contributed by atoms with Crippen LogP contribution >= 0.6 is 0 Å². The van der Waals surface area contributed by atoms with E-state index < -0.39 is 12.0 Å². The molecule has 0 spiro atoms. The van der Waals surface area contributed by atoms with Gasteiger partial charge in [0.05, 0.1) is 0 Å². The summed E-state index contributed by atoms with van der Waals surface area (Å²) in [6, 6.07) is -0.699. The van der Waals surface area contributed by atoms with Crippen LogP contribution < -0.4 is 5.73 Å². The molecule has 0 bridgehead atoms. The van der Waals surface area contributed by atoms with Crippen LogP contribution in [0.3, 0.4) is 0 Å². The van der Waals surface area contributed by atoms with Crippen molar-refractivity contribution in [1.29, 1.82) is 0 Å². The molecule has 0 rings (SSSR count). The highest BCUT2D eigenvalue weighted by Gasteiger charge is 2.17. The van der Waals surface area contributed by atoms with E-state index in [0.29, 0.717) is 0 Å². The van der Waals surface area contributed by atoms with Gasteiger partial charge in [0, 0.05) is 6.92 Å². The van der Waals surface area contributed by atoms with E-state index in [1.807, 2.05) is 34.6 Å². The van der Waals surface area contributed by atoms with Gasteiger partial charge in [-0.25, -0.2) is 0 Å². The highest BCUT2D eigenvalue weighted by atomic mass is 16.6. The third-order valence-corrected chi connectivity index (χ3v) is 1.99. The van der Waals surface area contributed by atoms with Crippen molar-refractivity contribution < 1.29 is 19.4 Å². The number of nitrogens with two attached hydrogens (primary N) is 1. The van der Waals surface area contributed by atoms with Crippen molar-refractivity contribution in [1.82, 2.24) is 0 Å². The third-order valence-electron chi connectivity index (χ3n) is 1.99. The Morgan fingerprint density at radius 2 is 1.76 bits per heavy atom. The Hall–Kier alpha value is -1.10. The van der Waals surface area contributed by atoms with E-state index in [0.717, 1.165) is 6.42 Å². The lowest BCUT2D eigenvalue weighted by molar-refractivity contribution is -0.152. The normalized spacial score (nSPS) is 14.1. The van der Waals surface area contributed by atoms with Gasteiger partial charge in [-0.15, -0.1) is 0 Å². The Morgan fingerprint density at radius 3 is 1.82 bits per heavy atom. The minimum Gasteiger partial charge on any atom is -0.480 e. The highest BCUT2D eigenvalue weighted by molar-refractivity contribution is 5.73. The number of carboxylic acid groups (broad SMARTS) is 1. The summed E-state index contributed by atoms with van der Waals surface area (Å²) in [6.45, 7) is 10.7. The van der Waals surface area contributed by atoms with E-state index in [2.05, 4.69) is 0 Å². The van der Waals surface area contributed by atoms with Crippen molar-refractivity contribution in [2.24, 2.45) is 11.7 Å². The predicted octanol–water partition coefficient (Wildman–Crippen LogP) is 1.79. The SMILES string of the molecule is CC(=O)OC(C)(C)C.CC[C@@H](C)[C@@H](N)C(=O)O. The number of hydrogen-bond acceptors (Lipinski definition) is 4. The van der Waals surface area contributed by atoms with Gasteiger partial charge in [0.2, 0.25) is 0 Å². The summed E-state index contributed by atoms with van der Waals surface area (Å²) in [5, 5.41) is 8.36. The molecule has 0 amide bonds. The zero-order valence-electron chi connectivity index (χ0n) is 11.6. The van der Waals surface area contributed by atoms with Crippen LogP contribution in [0.25, 0.3) is 0 Å². The van der Waals surface area contributed by atoms with Crippen LogP contribution in [0.4, 0.5) is 0 Å². The van der Waals surface area contributed by atoms with E-state index in [1.165, 1.54) is 6.92 Å². The van der Waals surface area contributed by atoms with Gasteiger partial charge in [-0.1, -0.05) is 20.3 Å². The number of esters is 1. The van der Waals surface area contributed by atoms with E-state index in [9.17, 15) is 9.59 Å². The van der Waals surface area contributed by atoms with Crippen LogP contribution in [0, 0.1) is 5.92 Å². The van der Waals surface area contributed by atoms with Gasteiger partial charge in [-0.2, -0.15) is 0 Å². The Bertz CT molecular complexity index is 245. The van der Waals surface area contributed by atoms with Crippen molar-refractivity contribution in [2.45, 2.75) is 59.6 Å². The number of rotatable bonds is 3. The van der Waals surface area contributed by atoms with Crippen molar-refractivity contribution in [3.05, 3.63) is 0 Å². The molecule has 0 aliphatic carbocycles. The number of hydrogen-bond donors (Lipinski definition) is 2. The Balaban J connectivity index is 0. The molecule has 102 valence electrons. The van der Waals surface area contributed by atoms with Gasteiger partial charge >= 0.3 is 11.9 Å². The number of ether oxygens (including phenoxy) is 1. The average molecular weight is 247 g/mol. The summed E-state index contributed by atoms with van der Waals surface area (Å²) in [4.78, 5) is 20.4. The Kier molecular flexibility index (Phi) is 8.66. The number of carboxylic acids is 1. The molecule has 0 aliphatic rings. The van der Waals surface area contributed by atoms with E-state index >= 15 is 0 Å². The molecule has 0 aromatic carbocycles. The first kappa shape index (κ1) is 18.3. The molecule has 0 aromatic heterocycles. The van der Waals surface area contributed by atoms with Gasteiger partial charge in [-0.3, -0.25) is 9.59 Å². The number of aliphatic carboxylic acids is 1. The quantitative estimate of drug-likeness (QED) is 0.742. The molecule has 0 saturated heterocycles. The van der Waals surface area contributed by atoms with Crippen molar-refractivity contribution in [3.63, 3.8) is 0 Å². The maximum atomic E-state index is 10.2.